The van der Waals surface area contributed by atoms with Crippen molar-refractivity contribution in [2.75, 3.05) is 13.7 Å². The zero-order valence-corrected chi connectivity index (χ0v) is 16.6. The van der Waals surface area contributed by atoms with E-state index in [1.165, 1.54) is 38.5 Å². The molecule has 0 radical (unpaired) electrons. The highest BCUT2D eigenvalue weighted by atomic mass is 16.6. The number of carbonyl (C=O) groups is 2. The molecule has 0 saturated carbocycles. The minimum atomic E-state index is -0.566. The molecule has 0 heterocycles. The molecule has 28 heavy (non-hydrogen) atoms. The molecule has 156 valence electrons. The van der Waals surface area contributed by atoms with E-state index in [2.05, 4.69) is 6.92 Å². The number of methoxy groups -OCH3 is 1. The summed E-state index contributed by atoms with van der Waals surface area (Å²) >= 11 is 0. The lowest BCUT2D eigenvalue weighted by atomic mass is 10.1. The maximum atomic E-state index is 11.8. The van der Waals surface area contributed by atoms with Crippen LogP contribution in [0.1, 0.15) is 63.9 Å². The molecule has 0 spiro atoms. The van der Waals surface area contributed by atoms with E-state index in [-0.39, 0.29) is 30.9 Å². The van der Waals surface area contributed by atoms with Crippen molar-refractivity contribution >= 4 is 17.6 Å². The van der Waals surface area contributed by atoms with Gasteiger partial charge in [0.15, 0.2) is 5.75 Å². The van der Waals surface area contributed by atoms with Crippen LogP contribution in [-0.4, -0.2) is 30.6 Å². The molecule has 0 fully saturated rings. The fourth-order valence-electron chi connectivity index (χ4n) is 2.55. The minimum absolute atomic E-state index is 0.0442. The Morgan fingerprint density at radius 2 is 1.64 bits per heavy atom. The number of benzene rings is 1. The smallest absolute Gasteiger partial charge is 0.311 e. The van der Waals surface area contributed by atoms with E-state index in [0.29, 0.717) is 12.2 Å². The van der Waals surface area contributed by atoms with E-state index in [1.54, 1.807) is 6.07 Å². The first kappa shape index (κ1) is 23.4. The first-order valence-corrected chi connectivity index (χ1v) is 9.60. The Morgan fingerprint density at radius 1 is 1.00 bits per heavy atom. The summed E-state index contributed by atoms with van der Waals surface area (Å²) in [5.41, 5.74) is 0.265. The van der Waals surface area contributed by atoms with Crippen LogP contribution in [0.4, 0.5) is 5.69 Å². The second kappa shape index (κ2) is 13.5. The third kappa shape index (κ3) is 9.34. The number of hydrogen-bond acceptors (Lipinski definition) is 7. The number of esters is 2. The average Bonchev–Trinajstić information content (AvgIpc) is 2.69. The van der Waals surface area contributed by atoms with Gasteiger partial charge in [-0.25, -0.2) is 0 Å². The summed E-state index contributed by atoms with van der Waals surface area (Å²) in [6.07, 6.45) is 6.49. The predicted molar refractivity (Wildman–Crippen MR) is 103 cm³/mol. The van der Waals surface area contributed by atoms with E-state index in [4.69, 9.17) is 14.2 Å². The normalized spacial score (nSPS) is 10.4. The number of unbranched alkanes of at least 4 members (excludes halogenated alkanes) is 5. The zero-order valence-electron chi connectivity index (χ0n) is 16.6. The largest absolute Gasteiger partial charge is 0.490 e. The van der Waals surface area contributed by atoms with Gasteiger partial charge < -0.3 is 14.2 Å². The lowest BCUT2D eigenvalue weighted by molar-refractivity contribution is -0.385. The molecular weight excluding hydrogens is 366 g/mol. The van der Waals surface area contributed by atoms with Gasteiger partial charge in [-0.1, -0.05) is 45.1 Å². The molecule has 8 heteroatoms. The summed E-state index contributed by atoms with van der Waals surface area (Å²) in [6, 6.07) is 4.32. The van der Waals surface area contributed by atoms with Gasteiger partial charge in [0.1, 0.15) is 6.61 Å². The quantitative estimate of drug-likeness (QED) is 0.200. The maximum absolute atomic E-state index is 11.8. The molecule has 0 aromatic heterocycles. The first-order valence-electron chi connectivity index (χ1n) is 9.60. The Bertz CT molecular complexity index is 645. The summed E-state index contributed by atoms with van der Waals surface area (Å²) in [6.45, 7) is 2.42. The molecule has 0 aliphatic carbocycles. The van der Waals surface area contributed by atoms with Crippen molar-refractivity contribution in [3.63, 3.8) is 0 Å². The van der Waals surface area contributed by atoms with Gasteiger partial charge in [-0.2, -0.15) is 0 Å². The third-order valence-electron chi connectivity index (χ3n) is 4.13. The van der Waals surface area contributed by atoms with Crippen molar-refractivity contribution in [2.24, 2.45) is 0 Å². The van der Waals surface area contributed by atoms with Gasteiger partial charge in [-0.15, -0.1) is 0 Å². The van der Waals surface area contributed by atoms with E-state index >= 15 is 0 Å². The second-order valence-corrected chi connectivity index (χ2v) is 6.41. The lowest BCUT2D eigenvalue weighted by Gasteiger charge is -2.07. The standard InChI is InChI=1S/C20H29NO7/c1-3-4-5-6-7-8-13-27-19(22)11-12-20(23)28-15-16-9-10-18(26-2)17(14-16)21(24)25/h9-10,14H,3-8,11-13,15H2,1-2H3. The lowest BCUT2D eigenvalue weighted by Crippen LogP contribution is -2.11. The van der Waals surface area contributed by atoms with Gasteiger partial charge in [-0.05, 0) is 18.1 Å². The van der Waals surface area contributed by atoms with Crippen molar-refractivity contribution in [1.29, 1.82) is 0 Å². The van der Waals surface area contributed by atoms with E-state index < -0.39 is 16.9 Å². The maximum Gasteiger partial charge on any atom is 0.311 e. The van der Waals surface area contributed by atoms with Gasteiger partial charge in [0, 0.05) is 6.07 Å². The molecule has 0 N–H and O–H groups in total. The topological polar surface area (TPSA) is 105 Å². The third-order valence-corrected chi connectivity index (χ3v) is 4.13. The van der Waals surface area contributed by atoms with E-state index in [0.717, 1.165) is 19.3 Å². The van der Waals surface area contributed by atoms with Crippen LogP contribution in [0.15, 0.2) is 18.2 Å². The number of nitro benzene ring substituents is 1. The number of nitrogens with zero attached hydrogens (tertiary/aromatic N) is 1. The Hall–Kier alpha value is -2.64. The van der Waals surface area contributed by atoms with Gasteiger partial charge >= 0.3 is 17.6 Å². The second-order valence-electron chi connectivity index (χ2n) is 6.41. The van der Waals surface area contributed by atoms with Crippen molar-refractivity contribution in [2.45, 2.75) is 64.9 Å². The molecule has 0 aliphatic rings. The molecule has 0 unspecified atom stereocenters. The molecule has 0 bridgehead atoms. The highest BCUT2D eigenvalue weighted by Crippen LogP contribution is 2.27. The molecule has 0 atom stereocenters. The highest BCUT2D eigenvalue weighted by Gasteiger charge is 2.16. The van der Waals surface area contributed by atoms with E-state index in [9.17, 15) is 19.7 Å². The Morgan fingerprint density at radius 3 is 2.29 bits per heavy atom. The Labute approximate surface area is 165 Å². The summed E-state index contributed by atoms with van der Waals surface area (Å²) in [7, 11) is 1.34. The van der Waals surface area contributed by atoms with E-state index in [1.807, 2.05) is 0 Å². The monoisotopic (exact) mass is 395 g/mol. The van der Waals surface area contributed by atoms with Gasteiger partial charge in [0.25, 0.3) is 0 Å². The fraction of sp³-hybridized carbons (Fsp3) is 0.600. The number of carbonyl (C=O) groups excluding carboxylic acids is 2. The van der Waals surface area contributed by atoms with Gasteiger partial charge in [0.2, 0.25) is 0 Å². The van der Waals surface area contributed by atoms with Crippen molar-refractivity contribution in [1.82, 2.24) is 0 Å². The van der Waals surface area contributed by atoms with Crippen molar-refractivity contribution < 1.29 is 28.7 Å². The molecule has 0 saturated heterocycles. The van der Waals surface area contributed by atoms with Crippen molar-refractivity contribution in [3.8, 4) is 5.75 Å². The summed E-state index contributed by atoms with van der Waals surface area (Å²) < 4.78 is 15.1. The molecule has 0 amide bonds. The number of rotatable bonds is 14. The van der Waals surface area contributed by atoms with Crippen LogP contribution < -0.4 is 4.74 Å². The predicted octanol–water partition coefficient (Wildman–Crippen LogP) is 4.33. The SMILES string of the molecule is CCCCCCCCOC(=O)CCC(=O)OCc1ccc(OC)c([N+](=O)[O-])c1. The number of hydrogen-bond donors (Lipinski definition) is 0. The Kier molecular flexibility index (Phi) is 11.3. The van der Waals surface area contributed by atoms with Crippen LogP contribution in [0.5, 0.6) is 5.75 Å². The molecule has 1 aromatic rings. The molecule has 8 nitrogen and oxygen atoms in total. The minimum Gasteiger partial charge on any atom is -0.490 e. The van der Waals surface area contributed by atoms with Crippen molar-refractivity contribution in [3.05, 3.63) is 33.9 Å². The fourth-order valence-corrected chi connectivity index (χ4v) is 2.55. The number of ether oxygens (including phenoxy) is 3. The number of nitro groups is 1. The highest BCUT2D eigenvalue weighted by molar-refractivity contribution is 5.77. The summed E-state index contributed by atoms with van der Waals surface area (Å²) in [4.78, 5) is 33.8. The molecule has 1 rings (SSSR count). The molecule has 1 aromatic carbocycles. The van der Waals surface area contributed by atoms with Crippen LogP contribution in [0, 0.1) is 10.1 Å². The van der Waals surface area contributed by atoms with Gasteiger partial charge in [-0.3, -0.25) is 19.7 Å². The van der Waals surface area contributed by atoms with Crippen LogP contribution in [-0.2, 0) is 25.7 Å². The molecular formula is C20H29NO7. The van der Waals surface area contributed by atoms with Crippen LogP contribution in [0.3, 0.4) is 0 Å². The Balaban J connectivity index is 2.24. The van der Waals surface area contributed by atoms with Crippen LogP contribution in [0.2, 0.25) is 0 Å². The summed E-state index contributed by atoms with van der Waals surface area (Å²) in [5, 5.41) is 11.0. The first-order chi connectivity index (χ1) is 13.5. The zero-order chi connectivity index (χ0) is 20.8. The van der Waals surface area contributed by atoms with Gasteiger partial charge in [0.05, 0.1) is 31.5 Å². The van der Waals surface area contributed by atoms with Crippen LogP contribution in [0.25, 0.3) is 0 Å². The van der Waals surface area contributed by atoms with Crippen LogP contribution >= 0.6 is 0 Å². The summed E-state index contributed by atoms with van der Waals surface area (Å²) in [5.74, 6) is -0.853. The molecule has 0 aliphatic heterocycles. The average molecular weight is 395 g/mol.